The van der Waals surface area contributed by atoms with E-state index >= 15 is 0 Å². The van der Waals surface area contributed by atoms with Crippen molar-refractivity contribution in [3.05, 3.63) is 53.6 Å². The molecule has 0 spiro atoms. The van der Waals surface area contributed by atoms with Crippen molar-refractivity contribution in [2.75, 3.05) is 38.7 Å². The molecule has 3 rings (SSSR count). The Labute approximate surface area is 158 Å². The van der Waals surface area contributed by atoms with E-state index in [1.807, 2.05) is 19.1 Å². The number of sulfonamides is 1. The minimum absolute atomic E-state index is 0.0246. The number of carbonyl (C=O) groups excluding carboxylic acids is 1. The molecule has 0 aromatic heterocycles. The van der Waals surface area contributed by atoms with Crippen molar-refractivity contribution in [2.24, 2.45) is 0 Å². The van der Waals surface area contributed by atoms with Crippen LogP contribution in [0.2, 0.25) is 0 Å². The summed E-state index contributed by atoms with van der Waals surface area (Å²) in [5.74, 6) is -0.187. The molecule has 0 radical (unpaired) electrons. The molecular formula is C19H22N2O5S. The fourth-order valence-corrected chi connectivity index (χ4v) is 4.38. The Balaban J connectivity index is 1.90. The molecular weight excluding hydrogens is 368 g/mol. The number of rotatable bonds is 5. The zero-order valence-electron chi connectivity index (χ0n) is 15.3. The molecule has 1 aliphatic heterocycles. The van der Waals surface area contributed by atoms with Gasteiger partial charge in [-0.1, -0.05) is 17.7 Å². The number of nitrogens with zero attached hydrogens (tertiary/aromatic N) is 1. The first-order valence-corrected chi connectivity index (χ1v) is 10.00. The van der Waals surface area contributed by atoms with Crippen LogP contribution in [0.5, 0.6) is 5.75 Å². The Hall–Kier alpha value is -2.42. The number of anilines is 1. The maximum Gasteiger partial charge on any atom is 0.255 e. The van der Waals surface area contributed by atoms with Crippen molar-refractivity contribution < 1.29 is 22.7 Å². The predicted octanol–water partition coefficient (Wildman–Crippen LogP) is 2.28. The summed E-state index contributed by atoms with van der Waals surface area (Å²) in [5.41, 5.74) is 1.96. The number of methoxy groups -OCH3 is 1. The van der Waals surface area contributed by atoms with Gasteiger partial charge >= 0.3 is 0 Å². The fraction of sp³-hybridized carbons (Fsp3) is 0.316. The molecule has 1 N–H and O–H groups in total. The van der Waals surface area contributed by atoms with E-state index in [4.69, 9.17) is 9.47 Å². The predicted molar refractivity (Wildman–Crippen MR) is 102 cm³/mol. The minimum Gasteiger partial charge on any atom is -0.495 e. The van der Waals surface area contributed by atoms with Gasteiger partial charge in [0, 0.05) is 24.3 Å². The summed E-state index contributed by atoms with van der Waals surface area (Å²) < 4.78 is 37.8. The zero-order valence-corrected chi connectivity index (χ0v) is 16.1. The summed E-state index contributed by atoms with van der Waals surface area (Å²) in [6, 6.07) is 11.8. The molecule has 1 saturated heterocycles. The molecule has 0 aliphatic carbocycles. The molecule has 1 amide bonds. The second-order valence-electron chi connectivity index (χ2n) is 6.20. The highest BCUT2D eigenvalue weighted by molar-refractivity contribution is 7.89. The van der Waals surface area contributed by atoms with E-state index in [0.717, 1.165) is 5.56 Å². The molecule has 1 heterocycles. The Bertz CT molecular complexity index is 920. The summed E-state index contributed by atoms with van der Waals surface area (Å²) in [6.07, 6.45) is 0. The molecule has 2 aromatic carbocycles. The van der Waals surface area contributed by atoms with E-state index in [-0.39, 0.29) is 35.2 Å². The maximum absolute atomic E-state index is 13.0. The first-order chi connectivity index (χ1) is 12.9. The largest absolute Gasteiger partial charge is 0.495 e. The summed E-state index contributed by atoms with van der Waals surface area (Å²) in [7, 11) is -2.39. The molecule has 144 valence electrons. The van der Waals surface area contributed by atoms with Gasteiger partial charge in [0.05, 0.1) is 20.3 Å². The average molecular weight is 390 g/mol. The van der Waals surface area contributed by atoms with Crippen molar-refractivity contribution in [3.63, 3.8) is 0 Å². The van der Waals surface area contributed by atoms with Gasteiger partial charge in [-0.25, -0.2) is 8.42 Å². The van der Waals surface area contributed by atoms with Crippen molar-refractivity contribution in [1.29, 1.82) is 0 Å². The van der Waals surface area contributed by atoms with Crippen LogP contribution in [0.1, 0.15) is 15.9 Å². The van der Waals surface area contributed by atoms with Gasteiger partial charge in [-0.15, -0.1) is 0 Å². The van der Waals surface area contributed by atoms with Crippen molar-refractivity contribution in [1.82, 2.24) is 4.31 Å². The van der Waals surface area contributed by atoms with Gasteiger partial charge in [-0.3, -0.25) is 4.79 Å². The minimum atomic E-state index is -3.79. The number of hydrogen-bond acceptors (Lipinski definition) is 5. The zero-order chi connectivity index (χ0) is 19.4. The molecule has 1 fully saturated rings. The number of morpholine rings is 1. The van der Waals surface area contributed by atoms with Crippen molar-refractivity contribution in [3.8, 4) is 5.75 Å². The standard InChI is InChI=1S/C19H22N2O5S/c1-14-3-6-16(7-4-14)20-19(22)15-5-8-17(25-2)18(13-15)27(23,24)21-9-11-26-12-10-21/h3-8,13H,9-12H2,1-2H3,(H,20,22). The fourth-order valence-electron chi connectivity index (χ4n) is 2.79. The molecule has 0 bridgehead atoms. The third kappa shape index (κ3) is 4.29. The lowest BCUT2D eigenvalue weighted by atomic mass is 10.2. The summed E-state index contributed by atoms with van der Waals surface area (Å²) in [6.45, 7) is 3.18. The van der Waals surface area contributed by atoms with Gasteiger partial charge in [-0.2, -0.15) is 4.31 Å². The Kier molecular flexibility index (Phi) is 5.79. The highest BCUT2D eigenvalue weighted by Gasteiger charge is 2.30. The maximum atomic E-state index is 13.0. The van der Waals surface area contributed by atoms with Gasteiger partial charge < -0.3 is 14.8 Å². The van der Waals surface area contributed by atoms with Crippen molar-refractivity contribution in [2.45, 2.75) is 11.8 Å². The van der Waals surface area contributed by atoms with Crippen LogP contribution < -0.4 is 10.1 Å². The van der Waals surface area contributed by atoms with Crippen LogP contribution in [0, 0.1) is 6.92 Å². The quantitative estimate of drug-likeness (QED) is 0.847. The first-order valence-electron chi connectivity index (χ1n) is 8.56. The van der Waals surface area contributed by atoms with E-state index in [9.17, 15) is 13.2 Å². The van der Waals surface area contributed by atoms with Crippen LogP contribution in [0.25, 0.3) is 0 Å². The Morgan fingerprint density at radius 1 is 1.11 bits per heavy atom. The summed E-state index contributed by atoms with van der Waals surface area (Å²) in [4.78, 5) is 12.5. The molecule has 7 nitrogen and oxygen atoms in total. The number of benzene rings is 2. The summed E-state index contributed by atoms with van der Waals surface area (Å²) in [5, 5.41) is 2.77. The smallest absolute Gasteiger partial charge is 0.255 e. The molecule has 8 heteroatoms. The van der Waals surface area contributed by atoms with Gasteiger partial charge in [0.25, 0.3) is 5.91 Å². The molecule has 0 atom stereocenters. The SMILES string of the molecule is COc1ccc(C(=O)Nc2ccc(C)cc2)cc1S(=O)(=O)N1CCOCC1. The second kappa shape index (κ2) is 8.08. The van der Waals surface area contributed by atoms with E-state index in [1.54, 1.807) is 18.2 Å². The summed E-state index contributed by atoms with van der Waals surface area (Å²) >= 11 is 0. The third-order valence-corrected chi connectivity index (χ3v) is 6.24. The van der Waals surface area contributed by atoms with Gasteiger partial charge in [-0.05, 0) is 37.3 Å². The van der Waals surface area contributed by atoms with Crippen LogP contribution in [0.15, 0.2) is 47.4 Å². The topological polar surface area (TPSA) is 84.9 Å². The lowest BCUT2D eigenvalue weighted by molar-refractivity contribution is 0.0729. The van der Waals surface area contributed by atoms with Gasteiger partial charge in [0.1, 0.15) is 10.6 Å². The Morgan fingerprint density at radius 2 is 1.78 bits per heavy atom. The van der Waals surface area contributed by atoms with Crippen LogP contribution in [-0.4, -0.2) is 52.0 Å². The molecule has 2 aromatic rings. The van der Waals surface area contributed by atoms with Crippen molar-refractivity contribution >= 4 is 21.6 Å². The second-order valence-corrected chi connectivity index (χ2v) is 8.11. The number of nitrogens with one attached hydrogen (secondary N) is 1. The highest BCUT2D eigenvalue weighted by atomic mass is 32.2. The van der Waals surface area contributed by atoms with Crippen LogP contribution >= 0.6 is 0 Å². The highest BCUT2D eigenvalue weighted by Crippen LogP contribution is 2.28. The van der Waals surface area contributed by atoms with Gasteiger partial charge in [0.15, 0.2) is 0 Å². The monoisotopic (exact) mass is 390 g/mol. The number of amides is 1. The molecule has 0 unspecified atom stereocenters. The van der Waals surface area contributed by atoms with Gasteiger partial charge in [0.2, 0.25) is 10.0 Å². The lowest BCUT2D eigenvalue weighted by Crippen LogP contribution is -2.40. The van der Waals surface area contributed by atoms with E-state index in [0.29, 0.717) is 18.9 Å². The number of hydrogen-bond donors (Lipinski definition) is 1. The van der Waals surface area contributed by atoms with E-state index in [2.05, 4.69) is 5.32 Å². The lowest BCUT2D eigenvalue weighted by Gasteiger charge is -2.26. The van der Waals surface area contributed by atoms with E-state index in [1.165, 1.54) is 23.5 Å². The van der Waals surface area contributed by atoms with Crippen LogP contribution in [-0.2, 0) is 14.8 Å². The molecule has 27 heavy (non-hydrogen) atoms. The number of carbonyl (C=O) groups is 1. The number of aryl methyl sites for hydroxylation is 1. The Morgan fingerprint density at radius 3 is 2.41 bits per heavy atom. The third-order valence-electron chi connectivity index (χ3n) is 4.32. The first kappa shape index (κ1) is 19.3. The van der Waals surface area contributed by atoms with Crippen LogP contribution in [0.4, 0.5) is 5.69 Å². The average Bonchev–Trinajstić information content (AvgIpc) is 2.69. The number of ether oxygens (including phenoxy) is 2. The molecule has 1 aliphatic rings. The van der Waals surface area contributed by atoms with E-state index < -0.39 is 10.0 Å². The van der Waals surface area contributed by atoms with Crippen LogP contribution in [0.3, 0.4) is 0 Å². The molecule has 0 saturated carbocycles. The normalized spacial score (nSPS) is 15.3.